The largest absolute Gasteiger partial charge is 0.573 e. The lowest BCUT2D eigenvalue weighted by atomic mass is 10.1. The van der Waals surface area contributed by atoms with Crippen molar-refractivity contribution >= 4 is 11.8 Å². The molecular weight excluding hydrogens is 389 g/mol. The van der Waals surface area contributed by atoms with Gasteiger partial charge in [0, 0.05) is 24.6 Å². The molecule has 3 rings (SSSR count). The fraction of sp³-hybridized carbons (Fsp3) is 0.300. The van der Waals surface area contributed by atoms with Gasteiger partial charge < -0.3 is 20.5 Å². The van der Waals surface area contributed by atoms with Crippen LogP contribution in [0.3, 0.4) is 0 Å². The standard InChI is InChI=1S/C20H19F3N2O4/c21-20(22,23)29-17-4-2-1-3-14(17)15-11-16(15)19(28)25-10-9-24-18(27)12-5-7-13(26)8-6-12/h1-8,15-16,26H,9-11H2,(H,24,27)(H,25,28)/t15-,16+/m1/s1. The van der Waals surface area contributed by atoms with Gasteiger partial charge in [0.15, 0.2) is 0 Å². The highest BCUT2D eigenvalue weighted by Gasteiger charge is 2.46. The summed E-state index contributed by atoms with van der Waals surface area (Å²) in [4.78, 5) is 24.1. The molecule has 0 aliphatic heterocycles. The van der Waals surface area contributed by atoms with Gasteiger partial charge in [0.05, 0.1) is 0 Å². The Kier molecular flexibility index (Phi) is 5.95. The molecule has 6 nitrogen and oxygen atoms in total. The van der Waals surface area contributed by atoms with Crippen LogP contribution < -0.4 is 15.4 Å². The van der Waals surface area contributed by atoms with Crippen molar-refractivity contribution in [1.82, 2.24) is 10.6 Å². The number of rotatable bonds is 7. The first-order valence-corrected chi connectivity index (χ1v) is 8.94. The molecule has 1 aliphatic carbocycles. The maximum absolute atomic E-state index is 12.5. The van der Waals surface area contributed by atoms with E-state index in [1.165, 1.54) is 42.5 Å². The van der Waals surface area contributed by atoms with E-state index >= 15 is 0 Å². The van der Waals surface area contributed by atoms with Crippen molar-refractivity contribution in [1.29, 1.82) is 0 Å². The predicted octanol–water partition coefficient (Wildman–Crippen LogP) is 2.94. The monoisotopic (exact) mass is 408 g/mol. The molecule has 0 spiro atoms. The van der Waals surface area contributed by atoms with E-state index in [1.54, 1.807) is 6.07 Å². The van der Waals surface area contributed by atoms with Gasteiger partial charge in [-0.15, -0.1) is 13.2 Å². The van der Waals surface area contributed by atoms with Crippen molar-refractivity contribution in [3.05, 3.63) is 59.7 Å². The van der Waals surface area contributed by atoms with Crippen LogP contribution in [0.2, 0.25) is 0 Å². The molecule has 0 aromatic heterocycles. The molecule has 9 heteroatoms. The zero-order chi connectivity index (χ0) is 21.0. The summed E-state index contributed by atoms with van der Waals surface area (Å²) in [5.74, 6) is -1.63. The number of nitrogens with one attached hydrogen (secondary N) is 2. The minimum atomic E-state index is -4.79. The molecule has 1 fully saturated rings. The number of para-hydroxylation sites is 1. The Morgan fingerprint density at radius 2 is 1.69 bits per heavy atom. The Balaban J connectivity index is 1.45. The third-order valence-corrected chi connectivity index (χ3v) is 4.51. The number of ether oxygens (including phenoxy) is 1. The van der Waals surface area contributed by atoms with Gasteiger partial charge in [-0.2, -0.15) is 0 Å². The average molecular weight is 408 g/mol. The maximum atomic E-state index is 12.5. The number of hydrogen-bond acceptors (Lipinski definition) is 4. The second-order valence-corrected chi connectivity index (χ2v) is 6.63. The Bertz CT molecular complexity index is 884. The topological polar surface area (TPSA) is 87.7 Å². The lowest BCUT2D eigenvalue weighted by Crippen LogP contribution is -2.35. The zero-order valence-corrected chi connectivity index (χ0v) is 15.2. The van der Waals surface area contributed by atoms with E-state index in [-0.39, 0.29) is 42.3 Å². The second kappa shape index (κ2) is 8.42. The molecule has 1 saturated carbocycles. The molecule has 0 radical (unpaired) electrons. The van der Waals surface area contributed by atoms with Crippen LogP contribution in [0.15, 0.2) is 48.5 Å². The number of aromatic hydroxyl groups is 1. The number of carbonyl (C=O) groups is 2. The fourth-order valence-corrected chi connectivity index (χ4v) is 3.04. The molecule has 3 N–H and O–H groups in total. The summed E-state index contributed by atoms with van der Waals surface area (Å²) in [6.45, 7) is 0.378. The quantitative estimate of drug-likeness (QED) is 0.615. The van der Waals surface area contributed by atoms with Gasteiger partial charge >= 0.3 is 6.36 Å². The van der Waals surface area contributed by atoms with E-state index in [0.717, 1.165) is 0 Å². The number of halogens is 3. The van der Waals surface area contributed by atoms with Gasteiger partial charge in [-0.1, -0.05) is 18.2 Å². The number of amides is 2. The molecule has 0 heterocycles. The molecule has 2 aromatic carbocycles. The summed E-state index contributed by atoms with van der Waals surface area (Å²) in [5, 5.41) is 14.5. The predicted molar refractivity (Wildman–Crippen MR) is 97.4 cm³/mol. The summed E-state index contributed by atoms with van der Waals surface area (Å²) < 4.78 is 41.6. The van der Waals surface area contributed by atoms with Crippen molar-refractivity contribution in [2.24, 2.45) is 5.92 Å². The summed E-state index contributed by atoms with van der Waals surface area (Å²) in [7, 11) is 0. The van der Waals surface area contributed by atoms with Crippen molar-refractivity contribution in [2.75, 3.05) is 13.1 Å². The molecule has 154 valence electrons. The van der Waals surface area contributed by atoms with Gasteiger partial charge in [-0.25, -0.2) is 0 Å². The summed E-state index contributed by atoms with van der Waals surface area (Å²) >= 11 is 0. The molecule has 1 aliphatic rings. The van der Waals surface area contributed by atoms with Gasteiger partial charge in [-0.3, -0.25) is 9.59 Å². The normalized spacial score (nSPS) is 18.0. The van der Waals surface area contributed by atoms with E-state index in [4.69, 9.17) is 0 Å². The third-order valence-electron chi connectivity index (χ3n) is 4.51. The van der Waals surface area contributed by atoms with Crippen LogP contribution in [0.25, 0.3) is 0 Å². The number of alkyl halides is 3. The van der Waals surface area contributed by atoms with Gasteiger partial charge in [0.2, 0.25) is 5.91 Å². The SMILES string of the molecule is O=C(NCCNC(=O)[C@H]1C[C@@H]1c1ccccc1OC(F)(F)F)c1ccc(O)cc1. The smallest absolute Gasteiger partial charge is 0.508 e. The molecule has 2 aromatic rings. The first-order chi connectivity index (χ1) is 13.7. The summed E-state index contributed by atoms with van der Waals surface area (Å²) in [5.41, 5.74) is 0.725. The lowest BCUT2D eigenvalue weighted by Gasteiger charge is -2.13. The van der Waals surface area contributed by atoms with Crippen LogP contribution in [-0.2, 0) is 4.79 Å². The van der Waals surface area contributed by atoms with Crippen LogP contribution in [0.1, 0.15) is 28.3 Å². The third kappa shape index (κ3) is 5.63. The van der Waals surface area contributed by atoms with Gasteiger partial charge in [-0.05, 0) is 48.2 Å². The molecule has 2 amide bonds. The lowest BCUT2D eigenvalue weighted by molar-refractivity contribution is -0.274. The van der Waals surface area contributed by atoms with E-state index in [0.29, 0.717) is 17.5 Å². The van der Waals surface area contributed by atoms with Crippen LogP contribution in [0.4, 0.5) is 13.2 Å². The Hall–Kier alpha value is -3.23. The first-order valence-electron chi connectivity index (χ1n) is 8.94. The van der Waals surface area contributed by atoms with Crippen molar-refractivity contribution in [3.63, 3.8) is 0 Å². The molecule has 0 unspecified atom stereocenters. The van der Waals surface area contributed by atoms with Crippen LogP contribution >= 0.6 is 0 Å². The Labute approximate surface area is 164 Å². The van der Waals surface area contributed by atoms with Crippen LogP contribution in [-0.4, -0.2) is 36.4 Å². The van der Waals surface area contributed by atoms with E-state index in [2.05, 4.69) is 15.4 Å². The molecule has 0 saturated heterocycles. The van der Waals surface area contributed by atoms with Crippen molar-refractivity contribution in [2.45, 2.75) is 18.7 Å². The van der Waals surface area contributed by atoms with Crippen molar-refractivity contribution in [3.8, 4) is 11.5 Å². The average Bonchev–Trinajstić information content (AvgIpc) is 3.45. The number of carbonyl (C=O) groups excluding carboxylic acids is 2. The molecular formula is C20H19F3N2O4. The van der Waals surface area contributed by atoms with E-state index < -0.39 is 12.3 Å². The second-order valence-electron chi connectivity index (χ2n) is 6.63. The molecule has 0 bridgehead atoms. The first kappa shape index (κ1) is 20.5. The number of hydrogen-bond donors (Lipinski definition) is 3. The number of benzene rings is 2. The van der Waals surface area contributed by atoms with Gasteiger partial charge in [0.25, 0.3) is 5.91 Å². The van der Waals surface area contributed by atoms with Crippen molar-refractivity contribution < 1.29 is 32.6 Å². The maximum Gasteiger partial charge on any atom is 0.573 e. The minimum absolute atomic E-state index is 0.0509. The Morgan fingerprint density at radius 1 is 1.03 bits per heavy atom. The van der Waals surface area contributed by atoms with E-state index in [1.807, 2.05) is 0 Å². The minimum Gasteiger partial charge on any atom is -0.508 e. The number of phenolic OH excluding ortho intramolecular Hbond substituents is 1. The van der Waals surface area contributed by atoms with E-state index in [9.17, 15) is 27.9 Å². The summed E-state index contributed by atoms with van der Waals surface area (Å²) in [6, 6.07) is 11.5. The highest BCUT2D eigenvalue weighted by molar-refractivity contribution is 5.94. The van der Waals surface area contributed by atoms with Gasteiger partial charge in [0.1, 0.15) is 11.5 Å². The molecule has 2 atom stereocenters. The fourth-order valence-electron chi connectivity index (χ4n) is 3.04. The number of phenols is 1. The zero-order valence-electron chi connectivity index (χ0n) is 15.2. The Morgan fingerprint density at radius 3 is 2.38 bits per heavy atom. The molecule has 29 heavy (non-hydrogen) atoms. The van der Waals surface area contributed by atoms with Crippen LogP contribution in [0.5, 0.6) is 11.5 Å². The highest BCUT2D eigenvalue weighted by atomic mass is 19.4. The highest BCUT2D eigenvalue weighted by Crippen LogP contribution is 2.50. The van der Waals surface area contributed by atoms with Crippen LogP contribution in [0, 0.1) is 5.92 Å². The summed E-state index contributed by atoms with van der Waals surface area (Å²) in [6.07, 6.45) is -4.36.